The lowest BCUT2D eigenvalue weighted by Gasteiger charge is -2.37. The zero-order chi connectivity index (χ0) is 24.7. The Morgan fingerprint density at radius 3 is 0.917 bits per heavy atom. The average Bonchev–Trinajstić information content (AvgIpc) is 2.93. The Balaban J connectivity index is 1.14. The van der Waals surface area contributed by atoms with Crippen LogP contribution >= 0.6 is 0 Å². The topological polar surface area (TPSA) is 108 Å². The summed E-state index contributed by atoms with van der Waals surface area (Å²) in [7, 11) is 0. The molecule has 0 atom stereocenters. The number of azo groups is 2. The van der Waals surface area contributed by atoms with Crippen LogP contribution in [0, 0.1) is 0 Å². The van der Waals surface area contributed by atoms with Crippen molar-refractivity contribution in [1.82, 2.24) is 0 Å². The summed E-state index contributed by atoms with van der Waals surface area (Å²) in [6.45, 7) is 3.80. The molecule has 0 unspecified atom stereocenters. The predicted molar refractivity (Wildman–Crippen MR) is 147 cm³/mol. The van der Waals surface area contributed by atoms with E-state index < -0.39 is 0 Å². The van der Waals surface area contributed by atoms with Crippen LogP contribution in [0.4, 0.5) is 45.5 Å². The maximum absolute atomic E-state index is 5.71. The summed E-state index contributed by atoms with van der Waals surface area (Å²) in [4.78, 5) is 4.79. The standard InChI is InChI=1S/C28H28N8/c29-21-1-5-23(6-2-21)31-33-25-9-13-27(14-10-25)35-17-19-36(20-18-35)28-15-11-26(12-16-28)34-32-24-7-3-22(30)4-8-24/h1-16H,17-20,29-30H2/b33-31+,34-32+. The Hall–Kier alpha value is -4.72. The van der Waals surface area contributed by atoms with Crippen LogP contribution < -0.4 is 21.3 Å². The molecular weight excluding hydrogens is 448 g/mol. The van der Waals surface area contributed by atoms with Gasteiger partial charge in [0, 0.05) is 48.9 Å². The van der Waals surface area contributed by atoms with Gasteiger partial charge in [-0.2, -0.15) is 20.5 Å². The van der Waals surface area contributed by atoms with Gasteiger partial charge in [0.1, 0.15) is 0 Å². The van der Waals surface area contributed by atoms with Crippen LogP contribution in [0.3, 0.4) is 0 Å². The third-order valence-corrected chi connectivity index (χ3v) is 6.06. The van der Waals surface area contributed by atoms with E-state index >= 15 is 0 Å². The summed E-state index contributed by atoms with van der Waals surface area (Å²) < 4.78 is 0. The van der Waals surface area contributed by atoms with Crippen LogP contribution in [0.1, 0.15) is 0 Å². The summed E-state index contributed by atoms with van der Waals surface area (Å²) >= 11 is 0. The number of nitrogens with two attached hydrogens (primary N) is 2. The molecule has 1 heterocycles. The Kier molecular flexibility index (Phi) is 6.84. The molecule has 4 aromatic carbocycles. The number of hydrogen-bond donors (Lipinski definition) is 2. The summed E-state index contributed by atoms with van der Waals surface area (Å²) in [5.41, 5.74) is 18.4. The number of benzene rings is 4. The molecule has 180 valence electrons. The number of piperazine rings is 1. The number of nitrogen functional groups attached to an aromatic ring is 2. The SMILES string of the molecule is Nc1ccc(/N=N/c2ccc(N3CCN(c4ccc(/N=N/c5ccc(N)cc5)cc4)CC3)cc2)cc1. The molecular formula is C28H28N8. The first kappa shape index (κ1) is 23.0. The van der Waals surface area contributed by atoms with Gasteiger partial charge in [0.05, 0.1) is 22.7 Å². The molecule has 4 N–H and O–H groups in total. The van der Waals surface area contributed by atoms with Gasteiger partial charge in [-0.15, -0.1) is 0 Å². The highest BCUT2D eigenvalue weighted by atomic mass is 15.3. The van der Waals surface area contributed by atoms with E-state index in [2.05, 4.69) is 54.5 Å². The van der Waals surface area contributed by atoms with Gasteiger partial charge in [-0.25, -0.2) is 0 Å². The molecule has 1 saturated heterocycles. The molecule has 0 amide bonds. The third kappa shape index (κ3) is 5.85. The fraction of sp³-hybridized carbons (Fsp3) is 0.143. The monoisotopic (exact) mass is 476 g/mol. The van der Waals surface area contributed by atoms with Crippen molar-refractivity contribution in [3.63, 3.8) is 0 Å². The normalized spacial score (nSPS) is 14.1. The van der Waals surface area contributed by atoms with Gasteiger partial charge in [0.15, 0.2) is 0 Å². The summed E-state index contributed by atoms with van der Waals surface area (Å²) in [5.74, 6) is 0. The molecule has 1 aliphatic rings. The van der Waals surface area contributed by atoms with Crippen molar-refractivity contribution in [1.29, 1.82) is 0 Å². The van der Waals surface area contributed by atoms with Crippen LogP contribution in [0.15, 0.2) is 118 Å². The van der Waals surface area contributed by atoms with Crippen LogP contribution in [0.25, 0.3) is 0 Å². The molecule has 0 saturated carbocycles. The summed E-state index contributed by atoms with van der Waals surface area (Å²) in [6, 6.07) is 31.1. The van der Waals surface area contributed by atoms with Crippen LogP contribution in [0.5, 0.6) is 0 Å². The highest BCUT2D eigenvalue weighted by molar-refractivity contribution is 5.57. The first-order chi connectivity index (χ1) is 17.6. The highest BCUT2D eigenvalue weighted by Gasteiger charge is 2.17. The maximum atomic E-state index is 5.71. The summed E-state index contributed by atoms with van der Waals surface area (Å²) in [5, 5.41) is 17.2. The smallest absolute Gasteiger partial charge is 0.0858 e. The Bertz CT molecular complexity index is 1210. The zero-order valence-corrected chi connectivity index (χ0v) is 19.9. The quantitative estimate of drug-likeness (QED) is 0.230. The molecule has 5 rings (SSSR count). The van der Waals surface area contributed by atoms with Crippen molar-refractivity contribution >= 4 is 45.5 Å². The maximum Gasteiger partial charge on any atom is 0.0858 e. The minimum absolute atomic E-state index is 0.715. The first-order valence-electron chi connectivity index (χ1n) is 11.9. The fourth-order valence-corrected chi connectivity index (χ4v) is 4.00. The molecule has 4 aromatic rings. The molecule has 1 aliphatic heterocycles. The first-order valence-corrected chi connectivity index (χ1v) is 11.9. The molecule has 0 aliphatic carbocycles. The van der Waals surface area contributed by atoms with E-state index in [0.29, 0.717) is 11.4 Å². The van der Waals surface area contributed by atoms with Crippen molar-refractivity contribution < 1.29 is 0 Å². The Labute approximate surface area is 210 Å². The second-order valence-corrected chi connectivity index (χ2v) is 8.59. The number of hydrogen-bond acceptors (Lipinski definition) is 8. The van der Waals surface area contributed by atoms with Crippen LogP contribution in [-0.4, -0.2) is 26.2 Å². The fourth-order valence-electron chi connectivity index (χ4n) is 4.00. The number of rotatable bonds is 6. The minimum Gasteiger partial charge on any atom is -0.399 e. The van der Waals surface area contributed by atoms with Crippen molar-refractivity contribution in [2.45, 2.75) is 0 Å². The lowest BCUT2D eigenvalue weighted by atomic mass is 10.2. The molecule has 0 spiro atoms. The van der Waals surface area contributed by atoms with Crippen LogP contribution in [-0.2, 0) is 0 Å². The van der Waals surface area contributed by atoms with E-state index in [1.807, 2.05) is 72.8 Å². The van der Waals surface area contributed by atoms with Gasteiger partial charge in [-0.05, 0) is 97.1 Å². The van der Waals surface area contributed by atoms with E-state index in [4.69, 9.17) is 11.5 Å². The lowest BCUT2D eigenvalue weighted by Crippen LogP contribution is -2.46. The number of nitrogens with zero attached hydrogens (tertiary/aromatic N) is 6. The highest BCUT2D eigenvalue weighted by Crippen LogP contribution is 2.26. The van der Waals surface area contributed by atoms with E-state index in [1.54, 1.807) is 0 Å². The van der Waals surface area contributed by atoms with Gasteiger partial charge in [-0.3, -0.25) is 0 Å². The van der Waals surface area contributed by atoms with E-state index in [1.165, 1.54) is 11.4 Å². The third-order valence-electron chi connectivity index (χ3n) is 6.06. The Morgan fingerprint density at radius 1 is 0.389 bits per heavy atom. The number of anilines is 4. The molecule has 0 bridgehead atoms. The predicted octanol–water partition coefficient (Wildman–Crippen LogP) is 7.01. The van der Waals surface area contributed by atoms with E-state index in [0.717, 1.165) is 48.9 Å². The van der Waals surface area contributed by atoms with E-state index in [-0.39, 0.29) is 0 Å². The molecule has 36 heavy (non-hydrogen) atoms. The molecule has 8 nitrogen and oxygen atoms in total. The Morgan fingerprint density at radius 2 is 0.639 bits per heavy atom. The largest absolute Gasteiger partial charge is 0.399 e. The molecule has 0 radical (unpaired) electrons. The van der Waals surface area contributed by atoms with Gasteiger partial charge < -0.3 is 21.3 Å². The van der Waals surface area contributed by atoms with Gasteiger partial charge in [0.25, 0.3) is 0 Å². The lowest BCUT2D eigenvalue weighted by molar-refractivity contribution is 0.653. The van der Waals surface area contributed by atoms with Gasteiger partial charge >= 0.3 is 0 Å². The van der Waals surface area contributed by atoms with Crippen molar-refractivity contribution in [2.24, 2.45) is 20.5 Å². The van der Waals surface area contributed by atoms with Crippen molar-refractivity contribution in [3.8, 4) is 0 Å². The van der Waals surface area contributed by atoms with Crippen LogP contribution in [0.2, 0.25) is 0 Å². The summed E-state index contributed by atoms with van der Waals surface area (Å²) in [6.07, 6.45) is 0. The second-order valence-electron chi connectivity index (χ2n) is 8.59. The molecule has 0 aromatic heterocycles. The van der Waals surface area contributed by atoms with Gasteiger partial charge in [0.2, 0.25) is 0 Å². The van der Waals surface area contributed by atoms with Crippen molar-refractivity contribution in [2.75, 3.05) is 47.4 Å². The molecule has 8 heteroatoms. The van der Waals surface area contributed by atoms with Gasteiger partial charge in [-0.1, -0.05) is 0 Å². The second kappa shape index (κ2) is 10.7. The van der Waals surface area contributed by atoms with E-state index in [9.17, 15) is 0 Å². The minimum atomic E-state index is 0.715. The average molecular weight is 477 g/mol. The zero-order valence-electron chi connectivity index (χ0n) is 19.9. The molecule has 1 fully saturated rings. The van der Waals surface area contributed by atoms with Crippen molar-refractivity contribution in [3.05, 3.63) is 97.1 Å².